The lowest BCUT2D eigenvalue weighted by Crippen LogP contribution is -2.32. The molecule has 0 saturated carbocycles. The van der Waals surface area contributed by atoms with Gasteiger partial charge in [-0.3, -0.25) is 13.9 Å². The summed E-state index contributed by atoms with van der Waals surface area (Å²) < 4.78 is 14.8. The van der Waals surface area contributed by atoms with Crippen molar-refractivity contribution in [1.82, 2.24) is 9.13 Å². The minimum atomic E-state index is -0.409. The number of benzene rings is 3. The first-order chi connectivity index (χ1) is 15.4. The monoisotopic (exact) mass is 430 g/mol. The SMILES string of the molecule is COc1ccc2cc([C@@H](C)C(=O)O[C@H]3c4cccc5c4n(c(=O)n5C)CC3C)ccc2c1. The molecule has 32 heavy (non-hydrogen) atoms. The maximum absolute atomic E-state index is 13.2. The van der Waals surface area contributed by atoms with Gasteiger partial charge in [0.05, 0.1) is 24.1 Å². The molecule has 2 heterocycles. The van der Waals surface area contributed by atoms with Crippen molar-refractivity contribution in [2.75, 3.05) is 7.11 Å². The zero-order valence-electron chi connectivity index (χ0n) is 18.7. The molecule has 6 heteroatoms. The second-order valence-electron chi connectivity index (χ2n) is 8.70. The number of ether oxygens (including phenoxy) is 2. The summed E-state index contributed by atoms with van der Waals surface area (Å²) >= 11 is 0. The zero-order valence-corrected chi connectivity index (χ0v) is 18.7. The summed E-state index contributed by atoms with van der Waals surface area (Å²) in [7, 11) is 3.43. The molecule has 5 rings (SSSR count). The molecule has 0 radical (unpaired) electrons. The fourth-order valence-corrected chi connectivity index (χ4v) is 4.76. The van der Waals surface area contributed by atoms with Crippen LogP contribution in [0.1, 0.15) is 37.0 Å². The third-order valence-corrected chi connectivity index (χ3v) is 6.66. The van der Waals surface area contributed by atoms with Gasteiger partial charge in [0.15, 0.2) is 0 Å². The Morgan fingerprint density at radius 3 is 2.62 bits per heavy atom. The largest absolute Gasteiger partial charge is 0.497 e. The number of carbonyl (C=O) groups excluding carboxylic acids is 1. The zero-order chi connectivity index (χ0) is 22.6. The van der Waals surface area contributed by atoms with Gasteiger partial charge in [-0.15, -0.1) is 0 Å². The summed E-state index contributed by atoms with van der Waals surface area (Å²) in [6.45, 7) is 4.42. The average molecular weight is 431 g/mol. The fourth-order valence-electron chi connectivity index (χ4n) is 4.76. The standard InChI is InChI=1S/C26H26N2O4/c1-15-14-28-23-21(6-5-7-22(23)27(3)26(28)30)24(15)32-25(29)16(2)17-8-9-19-13-20(31-4)11-10-18(19)12-17/h5-13,15-16,24H,14H2,1-4H3/t15?,16-,24-/m1/s1. The Hall–Kier alpha value is -3.54. The van der Waals surface area contributed by atoms with Crippen molar-refractivity contribution in [1.29, 1.82) is 0 Å². The number of rotatable bonds is 4. The van der Waals surface area contributed by atoms with E-state index in [2.05, 4.69) is 0 Å². The van der Waals surface area contributed by atoms with Crippen LogP contribution in [0.25, 0.3) is 21.8 Å². The number of carbonyl (C=O) groups is 1. The molecule has 0 spiro atoms. The van der Waals surface area contributed by atoms with Crippen LogP contribution in [0, 0.1) is 5.92 Å². The second kappa shape index (κ2) is 7.55. The molecule has 0 fully saturated rings. The molecule has 164 valence electrons. The van der Waals surface area contributed by atoms with Crippen LogP contribution in [0.2, 0.25) is 0 Å². The number of fused-ring (bicyclic) bond motifs is 1. The number of aromatic nitrogens is 2. The quantitative estimate of drug-likeness (QED) is 0.446. The molecular weight excluding hydrogens is 404 g/mol. The van der Waals surface area contributed by atoms with E-state index >= 15 is 0 Å². The molecule has 1 unspecified atom stereocenters. The van der Waals surface area contributed by atoms with E-state index in [0.29, 0.717) is 6.54 Å². The maximum atomic E-state index is 13.2. The first-order valence-corrected chi connectivity index (χ1v) is 10.9. The van der Waals surface area contributed by atoms with Crippen molar-refractivity contribution >= 4 is 27.8 Å². The molecule has 0 bridgehead atoms. The van der Waals surface area contributed by atoms with Gasteiger partial charge in [-0.25, -0.2) is 4.79 Å². The lowest BCUT2D eigenvalue weighted by atomic mass is 9.92. The van der Waals surface area contributed by atoms with Gasteiger partial charge in [-0.05, 0) is 41.5 Å². The van der Waals surface area contributed by atoms with Gasteiger partial charge in [0, 0.05) is 25.1 Å². The topological polar surface area (TPSA) is 62.5 Å². The van der Waals surface area contributed by atoms with E-state index in [1.807, 2.05) is 68.4 Å². The Morgan fingerprint density at radius 1 is 1.09 bits per heavy atom. The van der Waals surface area contributed by atoms with E-state index in [1.165, 1.54) is 0 Å². The predicted octanol–water partition coefficient (Wildman–Crippen LogP) is 4.54. The lowest BCUT2D eigenvalue weighted by Gasteiger charge is -2.30. The Bertz CT molecular complexity index is 1410. The Kier molecular flexibility index (Phi) is 4.81. The van der Waals surface area contributed by atoms with Gasteiger partial charge in [0.2, 0.25) is 0 Å². The molecule has 1 aliphatic rings. The summed E-state index contributed by atoms with van der Waals surface area (Å²) in [6, 6.07) is 17.7. The van der Waals surface area contributed by atoms with E-state index in [0.717, 1.165) is 38.7 Å². The van der Waals surface area contributed by atoms with E-state index in [1.54, 1.807) is 23.3 Å². The summed E-state index contributed by atoms with van der Waals surface area (Å²) in [5.41, 5.74) is 3.49. The van der Waals surface area contributed by atoms with E-state index in [9.17, 15) is 9.59 Å². The van der Waals surface area contributed by atoms with Crippen LogP contribution in [0.4, 0.5) is 0 Å². The predicted molar refractivity (Wildman–Crippen MR) is 124 cm³/mol. The number of imidazole rings is 1. The van der Waals surface area contributed by atoms with Crippen molar-refractivity contribution < 1.29 is 14.3 Å². The molecule has 0 aliphatic carbocycles. The van der Waals surface area contributed by atoms with Crippen LogP contribution in [0.3, 0.4) is 0 Å². The summed E-state index contributed by atoms with van der Waals surface area (Å²) in [5, 5.41) is 2.11. The first-order valence-electron chi connectivity index (χ1n) is 10.9. The molecule has 3 atom stereocenters. The van der Waals surface area contributed by atoms with Gasteiger partial charge in [0.1, 0.15) is 11.9 Å². The molecule has 0 amide bonds. The third-order valence-electron chi connectivity index (χ3n) is 6.66. The van der Waals surface area contributed by atoms with Crippen molar-refractivity contribution in [2.24, 2.45) is 13.0 Å². The number of nitrogens with zero attached hydrogens (tertiary/aromatic N) is 2. The molecule has 1 aromatic heterocycles. The van der Waals surface area contributed by atoms with Crippen molar-refractivity contribution in [3.05, 3.63) is 76.2 Å². The highest BCUT2D eigenvalue weighted by Crippen LogP contribution is 2.38. The minimum Gasteiger partial charge on any atom is -0.497 e. The van der Waals surface area contributed by atoms with Crippen LogP contribution in [-0.4, -0.2) is 22.2 Å². The van der Waals surface area contributed by atoms with Crippen LogP contribution < -0.4 is 10.4 Å². The van der Waals surface area contributed by atoms with Crippen molar-refractivity contribution in [3.8, 4) is 5.75 Å². The smallest absolute Gasteiger partial charge is 0.328 e. The van der Waals surface area contributed by atoms with Crippen molar-refractivity contribution in [2.45, 2.75) is 32.4 Å². The van der Waals surface area contributed by atoms with Crippen molar-refractivity contribution in [3.63, 3.8) is 0 Å². The highest BCUT2D eigenvalue weighted by Gasteiger charge is 2.34. The minimum absolute atomic E-state index is 0.00609. The molecule has 0 N–H and O–H groups in total. The molecule has 1 aliphatic heterocycles. The summed E-state index contributed by atoms with van der Waals surface area (Å²) in [6.07, 6.45) is -0.389. The fraction of sp³-hybridized carbons (Fsp3) is 0.308. The van der Waals surface area contributed by atoms with Crippen LogP contribution in [0.15, 0.2) is 59.4 Å². The molecular formula is C26H26N2O4. The number of hydrogen-bond donors (Lipinski definition) is 0. The Balaban J connectivity index is 1.45. The third kappa shape index (κ3) is 3.09. The number of para-hydroxylation sites is 1. The van der Waals surface area contributed by atoms with Gasteiger partial charge in [-0.1, -0.05) is 43.3 Å². The number of esters is 1. The molecule has 6 nitrogen and oxygen atoms in total. The maximum Gasteiger partial charge on any atom is 0.328 e. The van der Waals surface area contributed by atoms with Gasteiger partial charge in [0.25, 0.3) is 0 Å². The molecule has 0 saturated heterocycles. The van der Waals surface area contributed by atoms with E-state index < -0.39 is 5.92 Å². The molecule has 3 aromatic carbocycles. The Labute approximate surface area is 186 Å². The number of aryl methyl sites for hydroxylation is 1. The molecule has 4 aromatic rings. The van der Waals surface area contributed by atoms with Crippen LogP contribution >= 0.6 is 0 Å². The summed E-state index contributed by atoms with van der Waals surface area (Å²) in [5.74, 6) is 0.122. The van der Waals surface area contributed by atoms with E-state index in [4.69, 9.17) is 9.47 Å². The highest BCUT2D eigenvalue weighted by molar-refractivity contribution is 5.87. The van der Waals surface area contributed by atoms with Gasteiger partial charge in [-0.2, -0.15) is 0 Å². The van der Waals surface area contributed by atoms with Gasteiger partial charge >= 0.3 is 11.7 Å². The van der Waals surface area contributed by atoms with Gasteiger partial charge < -0.3 is 9.47 Å². The highest BCUT2D eigenvalue weighted by atomic mass is 16.5. The Morgan fingerprint density at radius 2 is 1.84 bits per heavy atom. The summed E-state index contributed by atoms with van der Waals surface area (Å²) in [4.78, 5) is 25.8. The van der Waals surface area contributed by atoms with Crippen LogP contribution in [0.5, 0.6) is 5.75 Å². The number of methoxy groups -OCH3 is 1. The number of hydrogen-bond acceptors (Lipinski definition) is 4. The van der Waals surface area contributed by atoms with Crippen LogP contribution in [-0.2, 0) is 23.1 Å². The second-order valence-corrected chi connectivity index (χ2v) is 8.70. The average Bonchev–Trinajstić information content (AvgIpc) is 3.06. The lowest BCUT2D eigenvalue weighted by molar-refractivity contribution is -0.154. The normalized spacial score (nSPS) is 18.6. The van der Waals surface area contributed by atoms with E-state index in [-0.39, 0.29) is 23.7 Å². The first kappa shape index (κ1) is 20.4.